The van der Waals surface area contributed by atoms with Crippen molar-refractivity contribution < 1.29 is 14.5 Å². The van der Waals surface area contributed by atoms with E-state index in [-0.39, 0.29) is 17.4 Å². The third-order valence-corrected chi connectivity index (χ3v) is 5.64. The highest BCUT2D eigenvalue weighted by atomic mass is 16.6. The number of amides is 1. The van der Waals surface area contributed by atoms with Gasteiger partial charge in [-0.3, -0.25) is 24.6 Å². The first kappa shape index (κ1) is 19.1. The van der Waals surface area contributed by atoms with Crippen molar-refractivity contribution in [2.75, 3.05) is 49.6 Å². The predicted molar refractivity (Wildman–Crippen MR) is 110 cm³/mol. The molecule has 1 saturated heterocycles. The molecule has 2 aromatic rings. The van der Waals surface area contributed by atoms with Gasteiger partial charge in [0.05, 0.1) is 17.9 Å². The molecule has 29 heavy (non-hydrogen) atoms. The van der Waals surface area contributed by atoms with Crippen LogP contribution in [0.3, 0.4) is 0 Å². The molecule has 2 heterocycles. The molecule has 0 bridgehead atoms. The fraction of sp³-hybridized carbons (Fsp3) is 0.333. The standard InChI is InChI=1S/C21H22N4O4/c1-22-19-7-2-15(12-16(19)13-21(22)27)20(26)14-23-8-10-24(11-9-23)17-3-5-18(6-4-17)25(28)29/h2-7,12H,8-11,13-14H2,1H3. The second kappa shape index (κ2) is 7.63. The number of nitro benzene ring substituents is 1. The van der Waals surface area contributed by atoms with Gasteiger partial charge in [-0.1, -0.05) is 0 Å². The third-order valence-electron chi connectivity index (χ3n) is 5.64. The van der Waals surface area contributed by atoms with Crippen molar-refractivity contribution in [3.8, 4) is 0 Å². The average molecular weight is 394 g/mol. The number of nitrogens with zero attached hydrogens (tertiary/aromatic N) is 4. The number of non-ortho nitro benzene ring substituents is 1. The van der Waals surface area contributed by atoms with E-state index in [0.29, 0.717) is 18.5 Å². The maximum absolute atomic E-state index is 12.7. The van der Waals surface area contributed by atoms with Gasteiger partial charge in [-0.2, -0.15) is 0 Å². The number of carbonyl (C=O) groups is 2. The Balaban J connectivity index is 1.34. The summed E-state index contributed by atoms with van der Waals surface area (Å²) in [6, 6.07) is 12.0. The minimum atomic E-state index is -0.403. The Kier molecular flexibility index (Phi) is 5.02. The van der Waals surface area contributed by atoms with Crippen LogP contribution in [-0.4, -0.2) is 61.3 Å². The minimum absolute atomic E-state index is 0.0481. The number of likely N-dealkylation sites (N-methyl/N-ethyl adjacent to an activating group) is 1. The first-order valence-corrected chi connectivity index (χ1v) is 9.57. The summed E-state index contributed by atoms with van der Waals surface area (Å²) >= 11 is 0. The molecule has 0 saturated carbocycles. The second-order valence-corrected chi connectivity index (χ2v) is 7.43. The summed E-state index contributed by atoms with van der Waals surface area (Å²) in [5.41, 5.74) is 3.47. The maximum Gasteiger partial charge on any atom is 0.269 e. The van der Waals surface area contributed by atoms with Gasteiger partial charge in [-0.25, -0.2) is 0 Å². The van der Waals surface area contributed by atoms with E-state index in [1.165, 1.54) is 12.1 Å². The van der Waals surface area contributed by atoms with E-state index in [9.17, 15) is 19.7 Å². The van der Waals surface area contributed by atoms with Gasteiger partial charge in [0.25, 0.3) is 5.69 Å². The number of piperazine rings is 1. The van der Waals surface area contributed by atoms with E-state index < -0.39 is 4.92 Å². The molecule has 1 fully saturated rings. The normalized spacial score (nSPS) is 16.8. The van der Waals surface area contributed by atoms with E-state index in [2.05, 4.69) is 9.80 Å². The van der Waals surface area contributed by atoms with Crippen molar-refractivity contribution in [1.82, 2.24) is 4.90 Å². The first-order valence-electron chi connectivity index (χ1n) is 9.57. The minimum Gasteiger partial charge on any atom is -0.369 e. The van der Waals surface area contributed by atoms with Crippen LogP contribution in [0.2, 0.25) is 0 Å². The molecular weight excluding hydrogens is 372 g/mol. The van der Waals surface area contributed by atoms with Crippen LogP contribution in [0.15, 0.2) is 42.5 Å². The summed E-state index contributed by atoms with van der Waals surface area (Å²) in [7, 11) is 1.75. The van der Waals surface area contributed by atoms with Gasteiger partial charge in [0.15, 0.2) is 5.78 Å². The van der Waals surface area contributed by atoms with E-state index in [1.807, 2.05) is 12.1 Å². The van der Waals surface area contributed by atoms with Gasteiger partial charge in [0.1, 0.15) is 0 Å². The van der Waals surface area contributed by atoms with Crippen LogP contribution in [0.25, 0.3) is 0 Å². The number of hydrogen-bond acceptors (Lipinski definition) is 6. The SMILES string of the molecule is CN1C(=O)Cc2cc(C(=O)CN3CCN(c4ccc([N+](=O)[O-])cc4)CC3)ccc21. The number of anilines is 2. The monoisotopic (exact) mass is 394 g/mol. The van der Waals surface area contributed by atoms with Crippen LogP contribution in [0.4, 0.5) is 17.1 Å². The predicted octanol–water partition coefficient (Wildman–Crippen LogP) is 2.12. The van der Waals surface area contributed by atoms with Crippen molar-refractivity contribution in [3.05, 3.63) is 63.7 Å². The lowest BCUT2D eigenvalue weighted by atomic mass is 10.0. The molecule has 2 aliphatic heterocycles. The Labute approximate surface area is 168 Å². The summed E-state index contributed by atoms with van der Waals surface area (Å²) in [6.07, 6.45) is 0.348. The number of hydrogen-bond donors (Lipinski definition) is 0. The Morgan fingerprint density at radius 3 is 2.41 bits per heavy atom. The summed E-state index contributed by atoms with van der Waals surface area (Å²) in [5, 5.41) is 10.8. The molecule has 150 valence electrons. The smallest absolute Gasteiger partial charge is 0.269 e. The summed E-state index contributed by atoms with van der Waals surface area (Å²) in [5.74, 6) is 0.102. The van der Waals surface area contributed by atoms with Crippen molar-refractivity contribution >= 4 is 28.8 Å². The van der Waals surface area contributed by atoms with E-state index >= 15 is 0 Å². The van der Waals surface area contributed by atoms with Crippen molar-refractivity contribution in [2.24, 2.45) is 0 Å². The molecular formula is C21H22N4O4. The maximum atomic E-state index is 12.7. The Hall–Kier alpha value is -3.26. The number of nitro groups is 1. The number of rotatable bonds is 5. The summed E-state index contributed by atoms with van der Waals surface area (Å²) in [4.78, 5) is 40.8. The highest BCUT2D eigenvalue weighted by Crippen LogP contribution is 2.28. The van der Waals surface area contributed by atoms with E-state index in [4.69, 9.17) is 0 Å². The molecule has 2 aliphatic rings. The fourth-order valence-corrected chi connectivity index (χ4v) is 3.89. The molecule has 0 aromatic heterocycles. The highest BCUT2D eigenvalue weighted by molar-refractivity contribution is 6.03. The van der Waals surface area contributed by atoms with Crippen LogP contribution in [0.5, 0.6) is 0 Å². The molecule has 2 aromatic carbocycles. The topological polar surface area (TPSA) is 87.0 Å². The molecule has 8 heteroatoms. The zero-order valence-electron chi connectivity index (χ0n) is 16.2. The Morgan fingerprint density at radius 1 is 1.07 bits per heavy atom. The Bertz CT molecular complexity index is 965. The van der Waals surface area contributed by atoms with Crippen molar-refractivity contribution in [3.63, 3.8) is 0 Å². The van der Waals surface area contributed by atoms with Gasteiger partial charge in [0.2, 0.25) is 5.91 Å². The number of benzene rings is 2. The van der Waals surface area contributed by atoms with E-state index in [0.717, 1.165) is 43.1 Å². The third kappa shape index (κ3) is 3.84. The largest absolute Gasteiger partial charge is 0.369 e. The van der Waals surface area contributed by atoms with Gasteiger partial charge in [-0.05, 0) is 35.9 Å². The molecule has 0 N–H and O–H groups in total. The molecule has 1 amide bonds. The fourth-order valence-electron chi connectivity index (χ4n) is 3.89. The molecule has 0 unspecified atom stereocenters. The van der Waals surface area contributed by atoms with Crippen LogP contribution >= 0.6 is 0 Å². The zero-order chi connectivity index (χ0) is 20.5. The quantitative estimate of drug-likeness (QED) is 0.439. The molecule has 4 rings (SSSR count). The summed E-state index contributed by atoms with van der Waals surface area (Å²) in [6.45, 7) is 3.35. The lowest BCUT2D eigenvalue weighted by Crippen LogP contribution is -2.48. The number of carbonyl (C=O) groups excluding carboxylic acids is 2. The zero-order valence-corrected chi connectivity index (χ0v) is 16.2. The summed E-state index contributed by atoms with van der Waals surface area (Å²) < 4.78 is 0. The molecule has 0 aliphatic carbocycles. The van der Waals surface area contributed by atoms with Crippen LogP contribution in [0.1, 0.15) is 15.9 Å². The van der Waals surface area contributed by atoms with Crippen LogP contribution in [0, 0.1) is 10.1 Å². The molecule has 0 atom stereocenters. The van der Waals surface area contributed by atoms with Gasteiger partial charge < -0.3 is 9.80 Å². The van der Waals surface area contributed by atoms with Crippen LogP contribution in [-0.2, 0) is 11.2 Å². The van der Waals surface area contributed by atoms with E-state index in [1.54, 1.807) is 30.1 Å². The van der Waals surface area contributed by atoms with Crippen molar-refractivity contribution in [1.29, 1.82) is 0 Å². The Morgan fingerprint density at radius 2 is 1.76 bits per heavy atom. The number of fused-ring (bicyclic) bond motifs is 1. The first-order chi connectivity index (χ1) is 13.9. The highest BCUT2D eigenvalue weighted by Gasteiger charge is 2.26. The van der Waals surface area contributed by atoms with Gasteiger partial charge >= 0.3 is 0 Å². The number of ketones is 1. The van der Waals surface area contributed by atoms with Crippen molar-refractivity contribution in [2.45, 2.75) is 6.42 Å². The van der Waals surface area contributed by atoms with Gasteiger partial charge in [0, 0.05) is 62.3 Å². The lowest BCUT2D eigenvalue weighted by Gasteiger charge is -2.35. The second-order valence-electron chi connectivity index (χ2n) is 7.43. The lowest BCUT2D eigenvalue weighted by molar-refractivity contribution is -0.384. The molecule has 8 nitrogen and oxygen atoms in total. The molecule has 0 spiro atoms. The van der Waals surface area contributed by atoms with Gasteiger partial charge in [-0.15, -0.1) is 0 Å². The molecule has 0 radical (unpaired) electrons. The van der Waals surface area contributed by atoms with Crippen LogP contribution < -0.4 is 9.80 Å². The number of Topliss-reactive ketones (excluding diaryl/α,β-unsaturated/α-hetero) is 1. The average Bonchev–Trinajstić information content (AvgIpc) is 3.01.